The number of hydrogen-bond donors (Lipinski definition) is 1. The van der Waals surface area contributed by atoms with Gasteiger partial charge in [0, 0.05) is 30.6 Å². The minimum atomic E-state index is 0.546. The third-order valence-electron chi connectivity index (χ3n) is 5.71. The van der Waals surface area contributed by atoms with Crippen LogP contribution in [0.4, 0.5) is 0 Å². The maximum Gasteiger partial charge on any atom is 0.0874 e. The summed E-state index contributed by atoms with van der Waals surface area (Å²) in [5.41, 5.74) is 3.91. The van der Waals surface area contributed by atoms with Crippen molar-refractivity contribution >= 4 is 11.6 Å². The second kappa shape index (κ2) is 6.85. The highest BCUT2D eigenvalue weighted by Gasteiger charge is 2.31. The molecule has 4 rings (SSSR count). The normalized spacial score (nSPS) is 26.5. The van der Waals surface area contributed by atoms with Gasteiger partial charge in [-0.1, -0.05) is 35.4 Å². The molecule has 0 amide bonds. The molecule has 0 aliphatic heterocycles. The predicted molar refractivity (Wildman–Crippen MR) is 96.2 cm³/mol. The number of aromatic nitrogens is 3. The minimum Gasteiger partial charge on any atom is -0.311 e. The fourth-order valence-corrected chi connectivity index (χ4v) is 4.53. The lowest BCUT2D eigenvalue weighted by atomic mass is 9.91. The van der Waals surface area contributed by atoms with Crippen LogP contribution >= 0.6 is 11.6 Å². The lowest BCUT2D eigenvalue weighted by Crippen LogP contribution is -2.44. The molecule has 1 aromatic carbocycles. The Morgan fingerprint density at radius 3 is 2.88 bits per heavy atom. The van der Waals surface area contributed by atoms with Crippen molar-refractivity contribution in [2.24, 2.45) is 13.0 Å². The molecule has 2 aliphatic carbocycles. The highest BCUT2D eigenvalue weighted by atomic mass is 35.5. The molecule has 1 N–H and O–H groups in total. The molecule has 1 saturated carbocycles. The van der Waals surface area contributed by atoms with E-state index in [-0.39, 0.29) is 0 Å². The first-order valence-corrected chi connectivity index (χ1v) is 9.45. The van der Waals surface area contributed by atoms with Crippen LogP contribution in [0.2, 0.25) is 5.02 Å². The Labute approximate surface area is 148 Å². The van der Waals surface area contributed by atoms with Gasteiger partial charge in [0.25, 0.3) is 0 Å². The quantitative estimate of drug-likeness (QED) is 0.925. The lowest BCUT2D eigenvalue weighted by molar-refractivity contribution is 0.331. The maximum atomic E-state index is 6.00. The van der Waals surface area contributed by atoms with Gasteiger partial charge in [-0.25, -0.2) is 0 Å². The van der Waals surface area contributed by atoms with Crippen LogP contribution < -0.4 is 5.32 Å². The molecule has 128 valence electrons. The first-order chi connectivity index (χ1) is 11.7. The Morgan fingerprint density at radius 2 is 2.04 bits per heavy atom. The Morgan fingerprint density at radius 1 is 1.21 bits per heavy atom. The van der Waals surface area contributed by atoms with Crippen molar-refractivity contribution in [3.05, 3.63) is 46.2 Å². The van der Waals surface area contributed by atoms with E-state index in [4.69, 9.17) is 11.6 Å². The molecule has 0 radical (unpaired) electrons. The number of benzene rings is 1. The second-order valence-corrected chi connectivity index (χ2v) is 7.78. The first kappa shape index (κ1) is 16.1. The number of fused-ring (bicyclic) bond motifs is 1. The van der Waals surface area contributed by atoms with E-state index in [0.29, 0.717) is 12.1 Å². The first-order valence-electron chi connectivity index (χ1n) is 9.07. The number of hydrogen-bond acceptors (Lipinski definition) is 3. The molecule has 1 aromatic heterocycles. The predicted octanol–water partition coefficient (Wildman–Crippen LogP) is 3.33. The molecular formula is C19H25ClN4. The zero-order chi connectivity index (χ0) is 16.5. The van der Waals surface area contributed by atoms with Crippen molar-refractivity contribution < 1.29 is 0 Å². The van der Waals surface area contributed by atoms with E-state index in [9.17, 15) is 0 Å². The second-order valence-electron chi connectivity index (χ2n) is 7.34. The van der Waals surface area contributed by atoms with Crippen LogP contribution in [-0.4, -0.2) is 27.1 Å². The van der Waals surface area contributed by atoms with Crippen molar-refractivity contribution in [3.8, 4) is 0 Å². The molecule has 2 aromatic rings. The summed E-state index contributed by atoms with van der Waals surface area (Å²) in [7, 11) is 2.00. The molecule has 3 atom stereocenters. The summed E-state index contributed by atoms with van der Waals surface area (Å²) in [6, 6.07) is 9.53. The number of nitrogens with zero attached hydrogens (tertiary/aromatic N) is 3. The van der Waals surface area contributed by atoms with Gasteiger partial charge in [0.05, 0.1) is 11.4 Å². The topological polar surface area (TPSA) is 42.7 Å². The van der Waals surface area contributed by atoms with Gasteiger partial charge in [0.2, 0.25) is 0 Å². The largest absolute Gasteiger partial charge is 0.311 e. The molecular weight excluding hydrogens is 320 g/mol. The van der Waals surface area contributed by atoms with Gasteiger partial charge in [0.1, 0.15) is 0 Å². The van der Waals surface area contributed by atoms with E-state index in [1.165, 1.54) is 42.6 Å². The van der Waals surface area contributed by atoms with Crippen molar-refractivity contribution in [3.63, 3.8) is 0 Å². The van der Waals surface area contributed by atoms with Crippen molar-refractivity contribution in [1.29, 1.82) is 0 Å². The van der Waals surface area contributed by atoms with Crippen molar-refractivity contribution in [2.75, 3.05) is 0 Å². The average Bonchev–Trinajstić information content (AvgIpc) is 3.17. The molecule has 0 spiro atoms. The SMILES string of the molecule is Cn1nnc2c1CCC(NC1CCCC1Cc1ccc(Cl)cc1)C2. The fraction of sp³-hybridized carbons (Fsp3) is 0.579. The minimum absolute atomic E-state index is 0.546. The van der Waals surface area contributed by atoms with Gasteiger partial charge in [0.15, 0.2) is 0 Å². The van der Waals surface area contributed by atoms with E-state index in [1.54, 1.807) is 0 Å². The zero-order valence-corrected chi connectivity index (χ0v) is 15.0. The van der Waals surface area contributed by atoms with Crippen molar-refractivity contribution in [1.82, 2.24) is 20.3 Å². The summed E-state index contributed by atoms with van der Waals surface area (Å²) >= 11 is 6.00. The zero-order valence-electron chi connectivity index (χ0n) is 14.2. The van der Waals surface area contributed by atoms with Crippen LogP contribution in [0.3, 0.4) is 0 Å². The van der Waals surface area contributed by atoms with E-state index in [0.717, 1.165) is 30.2 Å². The Kier molecular flexibility index (Phi) is 4.59. The van der Waals surface area contributed by atoms with E-state index >= 15 is 0 Å². The fourth-order valence-electron chi connectivity index (χ4n) is 4.40. The molecule has 1 heterocycles. The number of halogens is 1. The Hall–Kier alpha value is -1.39. The van der Waals surface area contributed by atoms with Gasteiger partial charge in [-0.05, 0) is 55.7 Å². The molecule has 0 bridgehead atoms. The van der Waals surface area contributed by atoms with Crippen LogP contribution in [0.1, 0.15) is 42.6 Å². The van der Waals surface area contributed by atoms with Gasteiger partial charge in [-0.15, -0.1) is 5.10 Å². The molecule has 1 fully saturated rings. The van der Waals surface area contributed by atoms with E-state index in [2.05, 4.69) is 27.8 Å². The summed E-state index contributed by atoms with van der Waals surface area (Å²) in [6.45, 7) is 0. The Bertz CT molecular complexity index is 694. The van der Waals surface area contributed by atoms with Gasteiger partial charge < -0.3 is 5.32 Å². The third kappa shape index (κ3) is 3.35. The van der Waals surface area contributed by atoms with Gasteiger partial charge in [-0.3, -0.25) is 4.68 Å². The highest BCUT2D eigenvalue weighted by molar-refractivity contribution is 6.30. The Balaban J connectivity index is 1.38. The summed E-state index contributed by atoms with van der Waals surface area (Å²) in [4.78, 5) is 0. The highest BCUT2D eigenvalue weighted by Crippen LogP contribution is 2.31. The monoisotopic (exact) mass is 344 g/mol. The third-order valence-corrected chi connectivity index (χ3v) is 5.96. The standard InChI is InChI=1S/C19H25ClN4/c1-24-19-10-9-16(12-18(19)22-23-24)21-17-4-2-3-14(17)11-13-5-7-15(20)8-6-13/h5-8,14,16-17,21H,2-4,9-12H2,1H3. The molecule has 2 aliphatic rings. The van der Waals surface area contributed by atoms with E-state index < -0.39 is 0 Å². The molecule has 4 nitrogen and oxygen atoms in total. The molecule has 3 unspecified atom stereocenters. The summed E-state index contributed by atoms with van der Waals surface area (Å²) in [6.07, 6.45) is 8.40. The van der Waals surface area contributed by atoms with Crippen LogP contribution in [-0.2, 0) is 26.3 Å². The van der Waals surface area contributed by atoms with Crippen LogP contribution in [0, 0.1) is 5.92 Å². The number of aryl methyl sites for hydroxylation is 1. The van der Waals surface area contributed by atoms with E-state index in [1.807, 2.05) is 23.9 Å². The smallest absolute Gasteiger partial charge is 0.0874 e. The maximum absolute atomic E-state index is 6.00. The van der Waals surface area contributed by atoms with Gasteiger partial charge >= 0.3 is 0 Å². The number of nitrogens with one attached hydrogen (secondary N) is 1. The van der Waals surface area contributed by atoms with Crippen molar-refractivity contribution in [2.45, 2.75) is 57.0 Å². The summed E-state index contributed by atoms with van der Waals surface area (Å²) < 4.78 is 1.93. The lowest BCUT2D eigenvalue weighted by Gasteiger charge is -2.29. The number of rotatable bonds is 4. The molecule has 24 heavy (non-hydrogen) atoms. The van der Waals surface area contributed by atoms with Gasteiger partial charge in [-0.2, -0.15) is 0 Å². The van der Waals surface area contributed by atoms with Crippen LogP contribution in [0.15, 0.2) is 24.3 Å². The molecule has 0 saturated heterocycles. The van der Waals surface area contributed by atoms with Crippen LogP contribution in [0.25, 0.3) is 0 Å². The average molecular weight is 345 g/mol. The van der Waals surface area contributed by atoms with Crippen LogP contribution in [0.5, 0.6) is 0 Å². The molecule has 5 heteroatoms. The summed E-state index contributed by atoms with van der Waals surface area (Å²) in [5, 5.41) is 13.3. The summed E-state index contributed by atoms with van der Waals surface area (Å²) in [5.74, 6) is 0.731.